The molecule has 1 amide bonds. The molecule has 2 aromatic rings. The van der Waals surface area contributed by atoms with E-state index in [2.05, 4.69) is 5.32 Å². The quantitative estimate of drug-likeness (QED) is 0.145. The molecule has 1 aliphatic heterocycles. The third kappa shape index (κ3) is 7.65. The topological polar surface area (TPSA) is 206 Å². The third-order valence-corrected chi connectivity index (χ3v) is 13.8. The summed E-state index contributed by atoms with van der Waals surface area (Å²) < 4.78 is 43.1. The van der Waals surface area contributed by atoms with Crippen molar-refractivity contribution in [2.45, 2.75) is 140 Å². The number of aliphatic hydroxyl groups excluding tert-OH is 2. The van der Waals surface area contributed by atoms with Crippen molar-refractivity contribution in [3.05, 3.63) is 82.9 Å². The van der Waals surface area contributed by atoms with Gasteiger partial charge in [-0.05, 0) is 63.5 Å². The molecule has 3 aliphatic carbocycles. The van der Waals surface area contributed by atoms with Crippen molar-refractivity contribution in [2.75, 3.05) is 20.8 Å². The SMILES string of the molecule is CO[C@@H]1C2=C(C)[C@@H](OC(=O)[C@H](O)[C@@H](NC(=O)OC(C)(C)C)c3ccccc3)C[C@@](O)([C@@H](OC(=O)c3ccccc3)[C@H]3[C@](C)(C1O)[C@@H](OC)C[C@@]1(C)OC[C@@]31OC(C)=O)C2(C)C. The Kier molecular flexibility index (Phi) is 12.4. The maximum absolute atomic E-state index is 14.4. The lowest BCUT2D eigenvalue weighted by atomic mass is 9.42. The summed E-state index contributed by atoms with van der Waals surface area (Å²) in [6.45, 7) is 14.8. The number of rotatable bonds is 10. The van der Waals surface area contributed by atoms with Gasteiger partial charge in [-0.25, -0.2) is 14.4 Å². The lowest BCUT2D eigenvalue weighted by Gasteiger charge is -2.72. The minimum Gasteiger partial charge on any atom is -0.456 e. The first-order chi connectivity index (χ1) is 28.4. The van der Waals surface area contributed by atoms with Crippen LogP contribution in [0.5, 0.6) is 0 Å². The van der Waals surface area contributed by atoms with Crippen molar-refractivity contribution in [3.63, 3.8) is 0 Å². The standard InChI is InChI=1S/C46H61NO14/c1-25-29(58-39(52)33(49)32(27-18-14-12-15-19-27)47-40(53)61-41(3,4)5)22-45(54)37(59-38(51)28-20-16-13-17-21-28)35-44(9,36(50)34(56-11)31(25)42(45,6)7)30(55-10)23-43(8)46(35,24-57-43)60-26(2)48/h12-21,29-30,32-37,49-50,54H,22-24H2,1-11H3,(H,47,53)/t29-,30-,32-,33+,34+,35-,36?,37-,43+,44+,45+,46+/m0/s1. The predicted molar refractivity (Wildman–Crippen MR) is 219 cm³/mol. The normalized spacial score (nSPS) is 35.0. The first kappa shape index (κ1) is 46.1. The van der Waals surface area contributed by atoms with Gasteiger partial charge in [-0.3, -0.25) is 4.79 Å². The molecule has 0 aromatic heterocycles. The lowest BCUT2D eigenvalue weighted by molar-refractivity contribution is -0.400. The predicted octanol–water partition coefficient (Wildman–Crippen LogP) is 4.75. The molecule has 4 aliphatic rings. The summed E-state index contributed by atoms with van der Waals surface area (Å²) in [5, 5.41) is 41.1. The van der Waals surface area contributed by atoms with Crippen LogP contribution in [0.15, 0.2) is 71.8 Å². The van der Waals surface area contributed by atoms with Crippen LogP contribution >= 0.6 is 0 Å². The fourth-order valence-electron chi connectivity index (χ4n) is 10.6. The van der Waals surface area contributed by atoms with Crippen LogP contribution in [0.3, 0.4) is 0 Å². The van der Waals surface area contributed by atoms with E-state index in [4.69, 9.17) is 33.2 Å². The molecule has 2 saturated carbocycles. The summed E-state index contributed by atoms with van der Waals surface area (Å²) in [6.07, 6.45) is -9.59. The van der Waals surface area contributed by atoms with Crippen LogP contribution in [-0.2, 0) is 42.7 Å². The molecule has 1 heterocycles. The Bertz CT molecular complexity index is 2020. The van der Waals surface area contributed by atoms with Crippen LogP contribution < -0.4 is 5.32 Å². The summed E-state index contributed by atoms with van der Waals surface area (Å²) in [7, 11) is 2.89. The Hall–Kier alpha value is -4.38. The number of nitrogens with one attached hydrogen (secondary N) is 1. The van der Waals surface area contributed by atoms with Gasteiger partial charge in [0.1, 0.15) is 35.1 Å². The number of aliphatic hydroxyl groups is 3. The fraction of sp³-hybridized carbons (Fsp3) is 0.609. The Labute approximate surface area is 357 Å². The summed E-state index contributed by atoms with van der Waals surface area (Å²) in [5.41, 5.74) is -7.54. The van der Waals surface area contributed by atoms with Gasteiger partial charge in [0, 0.05) is 44.8 Å². The molecule has 0 radical (unpaired) electrons. The van der Waals surface area contributed by atoms with Gasteiger partial charge in [-0.15, -0.1) is 0 Å². The van der Waals surface area contributed by atoms with E-state index in [1.165, 1.54) is 21.1 Å². The second-order valence-corrected chi connectivity index (χ2v) is 18.8. The number of hydrogen-bond acceptors (Lipinski definition) is 14. The summed E-state index contributed by atoms with van der Waals surface area (Å²) in [6, 6.07) is 15.2. The lowest BCUT2D eigenvalue weighted by Crippen LogP contribution is -2.86. The molecule has 15 heteroatoms. The maximum atomic E-state index is 14.4. The van der Waals surface area contributed by atoms with Crippen molar-refractivity contribution in [2.24, 2.45) is 16.7 Å². The van der Waals surface area contributed by atoms with Gasteiger partial charge in [0.2, 0.25) is 0 Å². The Morgan fingerprint density at radius 2 is 1.51 bits per heavy atom. The van der Waals surface area contributed by atoms with Gasteiger partial charge in [-0.1, -0.05) is 69.3 Å². The first-order valence-corrected chi connectivity index (χ1v) is 20.6. The molecule has 334 valence electrons. The number of alkyl carbamates (subject to hydrolysis) is 1. The van der Waals surface area contributed by atoms with Gasteiger partial charge in [-0.2, -0.15) is 0 Å². The van der Waals surface area contributed by atoms with Crippen molar-refractivity contribution < 1.29 is 67.7 Å². The van der Waals surface area contributed by atoms with Gasteiger partial charge in [0.05, 0.1) is 36.3 Å². The number of fused-ring (bicyclic) bond motifs is 5. The molecule has 1 saturated heterocycles. The molecule has 15 nitrogen and oxygen atoms in total. The van der Waals surface area contributed by atoms with E-state index in [9.17, 15) is 34.5 Å². The fourth-order valence-corrected chi connectivity index (χ4v) is 10.6. The van der Waals surface area contributed by atoms with Gasteiger partial charge >= 0.3 is 24.0 Å². The molecule has 6 rings (SSSR count). The van der Waals surface area contributed by atoms with E-state index < -0.39 is 112 Å². The highest BCUT2D eigenvalue weighted by molar-refractivity contribution is 5.89. The third-order valence-electron chi connectivity index (χ3n) is 13.8. The summed E-state index contributed by atoms with van der Waals surface area (Å²) in [5.74, 6) is -3.88. The molecule has 2 aromatic carbocycles. The van der Waals surface area contributed by atoms with Crippen LogP contribution in [-0.4, -0.2) is 119 Å². The number of methoxy groups -OCH3 is 2. The number of carbonyl (C=O) groups excluding carboxylic acids is 4. The molecular weight excluding hydrogens is 790 g/mol. The van der Waals surface area contributed by atoms with Crippen molar-refractivity contribution in [3.8, 4) is 0 Å². The number of carbonyl (C=O) groups is 4. The first-order valence-electron chi connectivity index (χ1n) is 20.6. The molecular formula is C46H61NO14. The van der Waals surface area contributed by atoms with E-state index in [0.717, 1.165) is 0 Å². The Morgan fingerprint density at radius 3 is 2.03 bits per heavy atom. The zero-order valence-electron chi connectivity index (χ0n) is 36.8. The van der Waals surface area contributed by atoms with Crippen LogP contribution in [0, 0.1) is 16.7 Å². The molecule has 3 fully saturated rings. The second kappa shape index (κ2) is 16.4. The number of hydrogen-bond donors (Lipinski definition) is 4. The van der Waals surface area contributed by atoms with Crippen molar-refractivity contribution in [1.29, 1.82) is 0 Å². The number of benzene rings is 2. The summed E-state index contributed by atoms with van der Waals surface area (Å²) in [4.78, 5) is 54.9. The Balaban J connectivity index is 1.54. The molecule has 1 unspecified atom stereocenters. The molecule has 0 spiro atoms. The van der Waals surface area contributed by atoms with E-state index in [0.29, 0.717) is 16.7 Å². The highest BCUT2D eigenvalue weighted by Gasteiger charge is 2.81. The highest BCUT2D eigenvalue weighted by Crippen LogP contribution is 2.68. The van der Waals surface area contributed by atoms with E-state index in [1.807, 2.05) is 0 Å². The minimum absolute atomic E-state index is 0.147. The van der Waals surface area contributed by atoms with Crippen LogP contribution in [0.2, 0.25) is 0 Å². The largest absolute Gasteiger partial charge is 0.456 e. The zero-order valence-corrected chi connectivity index (χ0v) is 36.8. The van der Waals surface area contributed by atoms with Crippen LogP contribution in [0.4, 0.5) is 4.79 Å². The minimum atomic E-state index is -2.20. The average molecular weight is 852 g/mol. The van der Waals surface area contributed by atoms with Crippen LogP contribution in [0.25, 0.3) is 0 Å². The van der Waals surface area contributed by atoms with E-state index in [-0.39, 0.29) is 18.6 Å². The zero-order chi connectivity index (χ0) is 45.1. The summed E-state index contributed by atoms with van der Waals surface area (Å²) >= 11 is 0. The Morgan fingerprint density at radius 1 is 0.902 bits per heavy atom. The molecule has 12 atom stereocenters. The number of ether oxygens (including phenoxy) is 7. The van der Waals surface area contributed by atoms with Crippen molar-refractivity contribution >= 4 is 24.0 Å². The van der Waals surface area contributed by atoms with Gasteiger partial charge < -0.3 is 53.8 Å². The maximum Gasteiger partial charge on any atom is 0.408 e. The monoisotopic (exact) mass is 851 g/mol. The molecule has 2 bridgehead atoms. The van der Waals surface area contributed by atoms with Crippen LogP contribution in [0.1, 0.15) is 97.1 Å². The number of esters is 3. The van der Waals surface area contributed by atoms with E-state index in [1.54, 1.807) is 116 Å². The average Bonchev–Trinajstić information content (AvgIpc) is 3.19. The van der Waals surface area contributed by atoms with Gasteiger partial charge in [0.25, 0.3) is 0 Å². The van der Waals surface area contributed by atoms with E-state index >= 15 is 0 Å². The molecule has 61 heavy (non-hydrogen) atoms. The highest BCUT2D eigenvalue weighted by atomic mass is 16.6. The smallest absolute Gasteiger partial charge is 0.408 e. The number of amides is 1. The van der Waals surface area contributed by atoms with Crippen molar-refractivity contribution in [1.82, 2.24) is 5.32 Å². The second-order valence-electron chi connectivity index (χ2n) is 18.8. The van der Waals surface area contributed by atoms with Gasteiger partial charge in [0.15, 0.2) is 11.7 Å². The molecule has 4 N–H and O–H groups in total.